The van der Waals surface area contributed by atoms with E-state index in [0.29, 0.717) is 17.2 Å². The van der Waals surface area contributed by atoms with E-state index < -0.39 is 11.4 Å². The van der Waals surface area contributed by atoms with Crippen molar-refractivity contribution < 1.29 is 8.81 Å². The van der Waals surface area contributed by atoms with Gasteiger partial charge in [0.25, 0.3) is 0 Å². The molecule has 148 valence electrons. The maximum absolute atomic E-state index is 14.3. The van der Waals surface area contributed by atoms with Crippen molar-refractivity contribution in [3.63, 3.8) is 0 Å². The number of nitrogens with zero attached hydrogens (tertiary/aromatic N) is 4. The summed E-state index contributed by atoms with van der Waals surface area (Å²) in [4.78, 5) is 12.0. The Bertz CT molecular complexity index is 1230. The van der Waals surface area contributed by atoms with E-state index in [1.807, 2.05) is 19.1 Å². The first-order valence-corrected chi connectivity index (χ1v) is 9.26. The Morgan fingerprint density at radius 2 is 2.03 bits per heavy atom. The van der Waals surface area contributed by atoms with Crippen molar-refractivity contribution in [3.05, 3.63) is 75.7 Å². The lowest BCUT2D eigenvalue weighted by molar-refractivity contribution is 0.558. The molecule has 2 heterocycles. The van der Waals surface area contributed by atoms with Crippen LogP contribution in [0.15, 0.2) is 51.9 Å². The van der Waals surface area contributed by atoms with Crippen molar-refractivity contribution in [2.24, 2.45) is 0 Å². The first-order valence-electron chi connectivity index (χ1n) is 9.26. The summed E-state index contributed by atoms with van der Waals surface area (Å²) in [5, 5.41) is 14.9. The molecule has 4 rings (SSSR count). The largest absolute Gasteiger partial charge is 0.423 e. The molecule has 1 N–H and O–H groups in total. The molecule has 0 atom stereocenters. The smallest absolute Gasteiger partial charge is 0.336 e. The third-order valence-corrected chi connectivity index (χ3v) is 4.87. The molecule has 4 aromatic rings. The van der Waals surface area contributed by atoms with Crippen LogP contribution in [0, 0.1) is 12.7 Å². The van der Waals surface area contributed by atoms with E-state index in [4.69, 9.17) is 4.42 Å². The molecule has 2 aromatic heterocycles. The zero-order chi connectivity index (χ0) is 20.5. The maximum atomic E-state index is 14.3. The molecular formula is C21H20FN5O2. The Morgan fingerprint density at radius 3 is 2.76 bits per heavy atom. The summed E-state index contributed by atoms with van der Waals surface area (Å²) in [5.74, 6) is -0.0784. The van der Waals surface area contributed by atoms with Crippen LogP contribution >= 0.6 is 0 Å². The lowest BCUT2D eigenvalue weighted by Crippen LogP contribution is -2.08. The molecule has 0 bridgehead atoms. The van der Waals surface area contributed by atoms with Crippen LogP contribution in [-0.2, 0) is 6.54 Å². The highest BCUT2D eigenvalue weighted by Crippen LogP contribution is 2.27. The van der Waals surface area contributed by atoms with E-state index in [1.54, 1.807) is 12.1 Å². The molecule has 29 heavy (non-hydrogen) atoms. The summed E-state index contributed by atoms with van der Waals surface area (Å²) >= 11 is 0. The van der Waals surface area contributed by atoms with Crippen molar-refractivity contribution in [1.82, 2.24) is 20.2 Å². The minimum Gasteiger partial charge on any atom is -0.423 e. The predicted molar refractivity (Wildman–Crippen MR) is 108 cm³/mol. The quantitative estimate of drug-likeness (QED) is 0.517. The zero-order valence-corrected chi connectivity index (χ0v) is 16.3. The number of aryl methyl sites for hydroxylation is 1. The highest BCUT2D eigenvalue weighted by Gasteiger charge is 2.12. The highest BCUT2D eigenvalue weighted by atomic mass is 19.1. The fourth-order valence-corrected chi connectivity index (χ4v) is 3.42. The first-order chi connectivity index (χ1) is 13.9. The predicted octanol–water partition coefficient (Wildman–Crippen LogP) is 3.95. The van der Waals surface area contributed by atoms with E-state index in [-0.39, 0.29) is 12.2 Å². The van der Waals surface area contributed by atoms with Crippen LogP contribution in [0.25, 0.3) is 16.7 Å². The molecule has 0 aliphatic carbocycles. The minimum absolute atomic E-state index is 0.263. The van der Waals surface area contributed by atoms with Gasteiger partial charge in [-0.1, -0.05) is 13.8 Å². The molecule has 0 spiro atoms. The molecule has 0 saturated heterocycles. The van der Waals surface area contributed by atoms with Gasteiger partial charge in [0.2, 0.25) is 0 Å². The van der Waals surface area contributed by atoms with Crippen LogP contribution in [0.4, 0.5) is 10.1 Å². The van der Waals surface area contributed by atoms with Gasteiger partial charge in [-0.2, -0.15) is 0 Å². The van der Waals surface area contributed by atoms with Crippen LogP contribution in [0.2, 0.25) is 0 Å². The molecule has 0 amide bonds. The van der Waals surface area contributed by atoms with Crippen molar-refractivity contribution in [2.45, 2.75) is 33.2 Å². The standard InChI is InChI=1S/C21H20FN5O2/c1-12(2)16-9-17-14(7-21(28)29-20(17)6-13(16)3)10-23-19-8-15(4-5-18(19)22)27-11-24-25-26-27/h4-9,11-12,23H,10H2,1-3H3. The Morgan fingerprint density at radius 1 is 1.21 bits per heavy atom. The van der Waals surface area contributed by atoms with Gasteiger partial charge in [-0.05, 0) is 70.3 Å². The molecular weight excluding hydrogens is 373 g/mol. The molecule has 0 saturated carbocycles. The van der Waals surface area contributed by atoms with Gasteiger partial charge in [-0.25, -0.2) is 13.9 Å². The van der Waals surface area contributed by atoms with E-state index in [9.17, 15) is 9.18 Å². The van der Waals surface area contributed by atoms with Crippen LogP contribution < -0.4 is 10.9 Å². The normalized spacial score (nSPS) is 11.3. The molecule has 0 radical (unpaired) electrons. The summed E-state index contributed by atoms with van der Waals surface area (Å²) in [6.45, 7) is 6.49. The number of hydrogen-bond donors (Lipinski definition) is 1. The van der Waals surface area contributed by atoms with Gasteiger partial charge in [0.1, 0.15) is 17.7 Å². The van der Waals surface area contributed by atoms with Crippen LogP contribution in [0.3, 0.4) is 0 Å². The second-order valence-corrected chi connectivity index (χ2v) is 7.22. The Kier molecular flexibility index (Phi) is 4.84. The third kappa shape index (κ3) is 3.73. The van der Waals surface area contributed by atoms with E-state index in [0.717, 1.165) is 16.5 Å². The van der Waals surface area contributed by atoms with Gasteiger partial charge < -0.3 is 9.73 Å². The van der Waals surface area contributed by atoms with Gasteiger partial charge in [0.15, 0.2) is 0 Å². The fourth-order valence-electron chi connectivity index (χ4n) is 3.42. The molecule has 0 unspecified atom stereocenters. The highest BCUT2D eigenvalue weighted by molar-refractivity contribution is 5.82. The maximum Gasteiger partial charge on any atom is 0.336 e. The number of hydrogen-bond acceptors (Lipinski definition) is 6. The van der Waals surface area contributed by atoms with Gasteiger partial charge in [0.05, 0.1) is 11.4 Å². The molecule has 0 aliphatic rings. The number of rotatable bonds is 5. The number of aromatic nitrogens is 4. The molecule has 7 nitrogen and oxygen atoms in total. The Labute approximate surface area is 166 Å². The number of tetrazole rings is 1. The van der Waals surface area contributed by atoms with E-state index >= 15 is 0 Å². The van der Waals surface area contributed by atoms with Crippen molar-refractivity contribution in [2.75, 3.05) is 5.32 Å². The number of anilines is 1. The summed E-state index contributed by atoms with van der Waals surface area (Å²) in [6.07, 6.45) is 1.43. The fraction of sp³-hybridized carbons (Fsp3) is 0.238. The summed E-state index contributed by atoms with van der Waals surface area (Å²) < 4.78 is 21.1. The third-order valence-electron chi connectivity index (χ3n) is 4.87. The Balaban J connectivity index is 1.71. The lowest BCUT2D eigenvalue weighted by Gasteiger charge is -2.14. The summed E-state index contributed by atoms with van der Waals surface area (Å²) in [5.41, 5.74) is 3.99. The summed E-state index contributed by atoms with van der Waals surface area (Å²) in [7, 11) is 0. The van der Waals surface area contributed by atoms with E-state index in [1.165, 1.54) is 28.7 Å². The van der Waals surface area contributed by atoms with Crippen molar-refractivity contribution in [1.29, 1.82) is 0 Å². The zero-order valence-electron chi connectivity index (χ0n) is 16.3. The number of benzene rings is 2. The van der Waals surface area contributed by atoms with Gasteiger partial charge in [-0.3, -0.25) is 0 Å². The molecule has 0 aliphatic heterocycles. The van der Waals surface area contributed by atoms with Crippen LogP contribution in [0.1, 0.15) is 36.5 Å². The van der Waals surface area contributed by atoms with Crippen LogP contribution in [0.5, 0.6) is 0 Å². The van der Waals surface area contributed by atoms with Crippen molar-refractivity contribution >= 4 is 16.7 Å². The van der Waals surface area contributed by atoms with Gasteiger partial charge in [-0.15, -0.1) is 5.10 Å². The average Bonchev–Trinajstić information content (AvgIpc) is 3.21. The average molecular weight is 393 g/mol. The first kappa shape index (κ1) is 18.8. The number of halogens is 1. The summed E-state index contributed by atoms with van der Waals surface area (Å²) in [6, 6.07) is 9.91. The molecule has 0 fully saturated rings. The second-order valence-electron chi connectivity index (χ2n) is 7.22. The number of fused-ring (bicyclic) bond motifs is 1. The Hall–Kier alpha value is -3.55. The van der Waals surface area contributed by atoms with E-state index in [2.05, 4.69) is 34.7 Å². The molecule has 8 heteroatoms. The van der Waals surface area contributed by atoms with Gasteiger partial charge in [0, 0.05) is 18.0 Å². The number of nitrogens with one attached hydrogen (secondary N) is 1. The SMILES string of the molecule is Cc1cc2oc(=O)cc(CNc3cc(-n4cnnn4)ccc3F)c2cc1C(C)C. The molecule has 2 aromatic carbocycles. The topological polar surface area (TPSA) is 85.8 Å². The second kappa shape index (κ2) is 7.46. The van der Waals surface area contributed by atoms with Gasteiger partial charge >= 0.3 is 5.63 Å². The lowest BCUT2D eigenvalue weighted by atomic mass is 9.95. The van der Waals surface area contributed by atoms with Crippen LogP contribution in [-0.4, -0.2) is 20.2 Å². The van der Waals surface area contributed by atoms with Crippen molar-refractivity contribution in [3.8, 4) is 5.69 Å². The monoisotopic (exact) mass is 393 g/mol. The minimum atomic E-state index is -0.436.